The third kappa shape index (κ3) is 2.47. The molecule has 2 unspecified atom stereocenters. The van der Waals surface area contributed by atoms with E-state index >= 15 is 0 Å². The number of nitrogens with zero attached hydrogens (tertiary/aromatic N) is 1. The Kier molecular flexibility index (Phi) is 4.42. The summed E-state index contributed by atoms with van der Waals surface area (Å²) >= 11 is 0. The smallest absolute Gasteiger partial charge is 0.165 e. The predicted octanol–water partition coefficient (Wildman–Crippen LogP) is 4.72. The van der Waals surface area contributed by atoms with Gasteiger partial charge in [0.2, 0.25) is 0 Å². The van der Waals surface area contributed by atoms with Crippen LogP contribution in [0.15, 0.2) is 12.1 Å². The molecule has 2 spiro atoms. The Morgan fingerprint density at radius 1 is 1.11 bits per heavy atom. The maximum absolute atomic E-state index is 12.3. The zero-order valence-corrected chi connectivity index (χ0v) is 22.4. The number of piperidine rings is 1. The maximum Gasteiger partial charge on any atom is 0.165 e. The minimum Gasteiger partial charge on any atom is -0.493 e. The van der Waals surface area contributed by atoms with Crippen molar-refractivity contribution in [2.75, 3.05) is 27.3 Å². The van der Waals surface area contributed by atoms with Crippen LogP contribution in [0, 0.1) is 22.7 Å². The Morgan fingerprint density at radius 3 is 2.54 bits per heavy atom. The molecule has 2 heterocycles. The van der Waals surface area contributed by atoms with Gasteiger partial charge in [0.1, 0.15) is 11.7 Å². The first-order valence-electron chi connectivity index (χ1n) is 13.9. The van der Waals surface area contributed by atoms with Crippen molar-refractivity contribution in [3.63, 3.8) is 0 Å². The molecular weight excluding hydrogens is 438 g/mol. The molecule has 0 radical (unpaired) electrons. The number of aliphatic hydroxyl groups is 1. The number of likely N-dealkylation sites (tertiary alicyclic amines) is 1. The molecule has 7 aliphatic rings. The van der Waals surface area contributed by atoms with Gasteiger partial charge < -0.3 is 19.3 Å². The van der Waals surface area contributed by atoms with Gasteiger partial charge in [0.15, 0.2) is 11.5 Å². The predicted molar refractivity (Wildman–Crippen MR) is 135 cm³/mol. The van der Waals surface area contributed by atoms with Crippen molar-refractivity contribution >= 4 is 0 Å². The summed E-state index contributed by atoms with van der Waals surface area (Å²) < 4.78 is 19.6. The van der Waals surface area contributed by atoms with Crippen LogP contribution in [0.25, 0.3) is 0 Å². The molecule has 5 aliphatic carbocycles. The first-order chi connectivity index (χ1) is 16.6. The van der Waals surface area contributed by atoms with Crippen molar-refractivity contribution in [3.8, 4) is 11.5 Å². The lowest BCUT2D eigenvalue weighted by Gasteiger charge is -2.75. The molecular formula is C30H43NO4. The van der Waals surface area contributed by atoms with Crippen LogP contribution in [0.1, 0.15) is 77.3 Å². The van der Waals surface area contributed by atoms with Crippen molar-refractivity contribution in [3.05, 3.63) is 23.3 Å². The molecule has 7 atom stereocenters. The maximum atomic E-state index is 12.3. The fourth-order valence-corrected chi connectivity index (χ4v) is 9.73. The topological polar surface area (TPSA) is 51.2 Å². The van der Waals surface area contributed by atoms with Crippen molar-refractivity contribution < 1.29 is 19.3 Å². The lowest BCUT2D eigenvalue weighted by atomic mass is 9.33. The molecule has 1 saturated heterocycles. The van der Waals surface area contributed by atoms with Crippen LogP contribution in [0.3, 0.4) is 0 Å². The monoisotopic (exact) mass is 481 g/mol. The van der Waals surface area contributed by atoms with E-state index in [4.69, 9.17) is 14.2 Å². The molecule has 5 heteroatoms. The Labute approximate surface area is 210 Å². The Morgan fingerprint density at radius 2 is 1.89 bits per heavy atom. The highest BCUT2D eigenvalue weighted by molar-refractivity contribution is 5.63. The summed E-state index contributed by atoms with van der Waals surface area (Å²) in [6.07, 6.45) is 8.00. The quantitative estimate of drug-likeness (QED) is 0.660. The van der Waals surface area contributed by atoms with Crippen LogP contribution < -0.4 is 9.47 Å². The number of rotatable bonds is 5. The van der Waals surface area contributed by atoms with Gasteiger partial charge in [-0.1, -0.05) is 26.8 Å². The van der Waals surface area contributed by atoms with E-state index in [0.29, 0.717) is 6.04 Å². The lowest BCUT2D eigenvalue weighted by molar-refractivity contribution is -0.312. The van der Waals surface area contributed by atoms with Crippen LogP contribution in [-0.2, 0) is 16.6 Å². The number of methoxy groups -OCH3 is 2. The van der Waals surface area contributed by atoms with E-state index in [-0.39, 0.29) is 28.3 Å². The number of benzene rings is 1. The number of hydrogen-bond donors (Lipinski definition) is 1. The lowest BCUT2D eigenvalue weighted by Crippen LogP contribution is -2.83. The van der Waals surface area contributed by atoms with Gasteiger partial charge in [0, 0.05) is 42.0 Å². The zero-order chi connectivity index (χ0) is 24.6. The largest absolute Gasteiger partial charge is 0.493 e. The third-order valence-electron chi connectivity index (χ3n) is 12.1. The van der Waals surface area contributed by atoms with Gasteiger partial charge in [-0.2, -0.15) is 0 Å². The summed E-state index contributed by atoms with van der Waals surface area (Å²) in [6.45, 7) is 11.0. The summed E-state index contributed by atoms with van der Waals surface area (Å²) in [5.41, 5.74) is 1.26. The van der Waals surface area contributed by atoms with Crippen molar-refractivity contribution in [2.45, 2.75) is 101 Å². The van der Waals surface area contributed by atoms with Crippen molar-refractivity contribution in [2.24, 2.45) is 22.7 Å². The van der Waals surface area contributed by atoms with Gasteiger partial charge in [0.25, 0.3) is 0 Å². The minimum absolute atomic E-state index is 0.0112. The normalized spacial score (nSPS) is 42.9. The summed E-state index contributed by atoms with van der Waals surface area (Å²) in [5.74, 6) is 2.71. The van der Waals surface area contributed by atoms with Gasteiger partial charge in [-0.05, 0) is 81.4 Å². The molecule has 0 amide bonds. The first kappa shape index (κ1) is 22.9. The molecule has 0 aromatic heterocycles. The standard InChI is InChI=1S/C30H43NO4/c1-26(2,3)27(4,32)21-16-28-11-12-30(21,34-6)25-29(28)13-14-31(17-18-7-8-18)22(28)15-19-9-10-20(33-5)24(35-25)23(19)29/h9-10,18,21-22,25,32H,7-8,11-17H2,1-6H3/t21-,22-,25?,27?,28-,29+,30-/m1/s1. The molecule has 1 N–H and O–H groups in total. The first-order valence-corrected chi connectivity index (χ1v) is 13.9. The van der Waals surface area contributed by atoms with E-state index in [1.165, 1.54) is 30.5 Å². The summed E-state index contributed by atoms with van der Waals surface area (Å²) in [6, 6.07) is 4.93. The SMILES string of the molecule is COc1ccc2c3c1OC1[C@@]4(OC)CC[C@@]5(C[C@@H]4C(C)(O)C(C)(C)C)[C@@H](C2)N(CC2CC2)CC[C@]315. The number of fused-ring (bicyclic) bond motifs is 2. The highest BCUT2D eigenvalue weighted by Gasteiger charge is 2.82. The van der Waals surface area contributed by atoms with Gasteiger partial charge in [-0.15, -0.1) is 0 Å². The second-order valence-corrected chi connectivity index (χ2v) is 14.0. The van der Waals surface area contributed by atoms with Crippen molar-refractivity contribution in [1.82, 2.24) is 4.90 Å². The molecule has 5 fully saturated rings. The van der Waals surface area contributed by atoms with Gasteiger partial charge in [-0.25, -0.2) is 0 Å². The molecule has 192 valence electrons. The summed E-state index contributed by atoms with van der Waals surface area (Å²) in [5, 5.41) is 12.3. The van der Waals surface area contributed by atoms with Crippen LogP contribution >= 0.6 is 0 Å². The minimum atomic E-state index is -0.879. The van der Waals surface area contributed by atoms with E-state index in [9.17, 15) is 5.11 Å². The van der Waals surface area contributed by atoms with Crippen LogP contribution in [0.2, 0.25) is 0 Å². The van der Waals surface area contributed by atoms with Gasteiger partial charge >= 0.3 is 0 Å². The molecule has 5 nitrogen and oxygen atoms in total. The van der Waals surface area contributed by atoms with E-state index in [1.807, 2.05) is 7.11 Å². The fourth-order valence-electron chi connectivity index (χ4n) is 9.73. The van der Waals surface area contributed by atoms with E-state index < -0.39 is 11.2 Å². The second-order valence-electron chi connectivity index (χ2n) is 14.0. The molecule has 35 heavy (non-hydrogen) atoms. The van der Waals surface area contributed by atoms with Gasteiger partial charge in [-0.3, -0.25) is 4.90 Å². The Hall–Kier alpha value is -1.30. The Bertz CT molecular complexity index is 1070. The Balaban J connectivity index is 1.48. The molecule has 8 rings (SSSR count). The number of ether oxygens (including phenoxy) is 3. The number of hydrogen-bond acceptors (Lipinski definition) is 5. The van der Waals surface area contributed by atoms with Crippen LogP contribution in [-0.4, -0.2) is 60.7 Å². The molecule has 4 bridgehead atoms. The van der Waals surface area contributed by atoms with E-state index in [2.05, 4.69) is 44.7 Å². The molecule has 4 saturated carbocycles. The van der Waals surface area contributed by atoms with Crippen LogP contribution in [0.5, 0.6) is 11.5 Å². The summed E-state index contributed by atoms with van der Waals surface area (Å²) in [7, 11) is 3.63. The molecule has 1 aromatic carbocycles. The second kappa shape index (κ2) is 6.76. The van der Waals surface area contributed by atoms with E-state index in [0.717, 1.165) is 56.1 Å². The fraction of sp³-hybridized carbons (Fsp3) is 0.800. The van der Waals surface area contributed by atoms with Crippen LogP contribution in [0.4, 0.5) is 0 Å². The zero-order valence-electron chi connectivity index (χ0n) is 22.4. The van der Waals surface area contributed by atoms with Gasteiger partial charge in [0.05, 0.1) is 12.7 Å². The molecule has 2 aliphatic heterocycles. The average Bonchev–Trinajstić information content (AvgIpc) is 3.56. The summed E-state index contributed by atoms with van der Waals surface area (Å²) in [4.78, 5) is 2.86. The average molecular weight is 482 g/mol. The highest BCUT2D eigenvalue weighted by atomic mass is 16.6. The highest BCUT2D eigenvalue weighted by Crippen LogP contribution is 2.78. The van der Waals surface area contributed by atoms with Crippen molar-refractivity contribution in [1.29, 1.82) is 0 Å². The van der Waals surface area contributed by atoms with E-state index in [1.54, 1.807) is 7.11 Å². The molecule has 1 aromatic rings. The third-order valence-corrected chi connectivity index (χ3v) is 12.1.